The molecule has 0 aliphatic rings. The number of aliphatic hydroxyl groups is 1. The van der Waals surface area contributed by atoms with Gasteiger partial charge in [0.25, 0.3) is 5.91 Å². The van der Waals surface area contributed by atoms with Gasteiger partial charge < -0.3 is 15.2 Å². The van der Waals surface area contributed by atoms with Gasteiger partial charge in [0.15, 0.2) is 0 Å². The maximum absolute atomic E-state index is 12.1. The normalized spacial score (nSPS) is 13.0. The second-order valence-electron chi connectivity index (χ2n) is 4.95. The molecule has 0 aliphatic carbocycles. The predicted molar refractivity (Wildman–Crippen MR) is 87.0 cm³/mol. The molecule has 0 bridgehead atoms. The Morgan fingerprint density at radius 2 is 2.14 bits per heavy atom. The number of carbonyl (C=O) groups is 1. The largest absolute Gasteiger partial charge is 0.481 e. The molecule has 1 amide bonds. The lowest BCUT2D eigenvalue weighted by Gasteiger charge is -2.22. The van der Waals surface area contributed by atoms with Gasteiger partial charge in [-0.15, -0.1) is 17.8 Å². The molecule has 1 aromatic carbocycles. The van der Waals surface area contributed by atoms with Gasteiger partial charge in [-0.25, -0.2) is 0 Å². The maximum atomic E-state index is 12.1. The first-order valence-corrected chi connectivity index (χ1v) is 7.62. The molecule has 0 fully saturated rings. The number of hydrogen-bond donors (Lipinski definition) is 2. The van der Waals surface area contributed by atoms with Crippen LogP contribution in [0.1, 0.15) is 22.2 Å². The molecule has 2 aromatic rings. The Morgan fingerprint density at radius 1 is 1.41 bits per heavy atom. The molecule has 0 spiro atoms. The van der Waals surface area contributed by atoms with Crippen LogP contribution in [0.25, 0.3) is 0 Å². The predicted octanol–water partition coefficient (Wildman–Crippen LogP) is 2.40. The zero-order chi connectivity index (χ0) is 16.0. The summed E-state index contributed by atoms with van der Waals surface area (Å²) in [5, 5.41) is 15.0. The smallest absolute Gasteiger partial charge is 0.251 e. The fraction of sp³-hybridized carbons (Fsp3) is 0.235. The molecule has 5 heteroatoms. The van der Waals surface area contributed by atoms with Crippen LogP contribution in [-0.4, -0.2) is 24.2 Å². The fourth-order valence-electron chi connectivity index (χ4n) is 1.85. The first kappa shape index (κ1) is 16.1. The number of hydrogen-bond acceptors (Lipinski definition) is 4. The van der Waals surface area contributed by atoms with Gasteiger partial charge in [0.1, 0.15) is 18.0 Å². The number of benzene rings is 1. The first-order valence-electron chi connectivity index (χ1n) is 6.74. The molecule has 2 N–H and O–H groups in total. The van der Waals surface area contributed by atoms with Gasteiger partial charge in [-0.2, -0.15) is 0 Å². The lowest BCUT2D eigenvalue weighted by molar-refractivity contribution is 0.0557. The van der Waals surface area contributed by atoms with E-state index in [4.69, 9.17) is 11.2 Å². The summed E-state index contributed by atoms with van der Waals surface area (Å²) in [5.41, 5.74) is -0.588. The molecule has 1 atom stereocenters. The minimum atomic E-state index is -1.08. The van der Waals surface area contributed by atoms with E-state index in [0.717, 1.165) is 4.88 Å². The van der Waals surface area contributed by atoms with E-state index in [2.05, 4.69) is 11.2 Å². The van der Waals surface area contributed by atoms with E-state index in [1.54, 1.807) is 31.2 Å². The monoisotopic (exact) mass is 315 g/mol. The summed E-state index contributed by atoms with van der Waals surface area (Å²) in [6.07, 6.45) is 5.11. The number of nitrogens with one attached hydrogen (secondary N) is 1. The molecule has 1 heterocycles. The first-order chi connectivity index (χ1) is 10.5. The molecule has 0 saturated heterocycles. The van der Waals surface area contributed by atoms with E-state index in [1.807, 2.05) is 17.5 Å². The summed E-state index contributed by atoms with van der Waals surface area (Å²) in [5.74, 6) is 2.74. The molecule has 0 unspecified atom stereocenters. The third kappa shape index (κ3) is 4.10. The molecule has 114 valence electrons. The maximum Gasteiger partial charge on any atom is 0.251 e. The highest BCUT2D eigenvalue weighted by Gasteiger charge is 2.25. The van der Waals surface area contributed by atoms with Crippen LogP contribution in [0.2, 0.25) is 0 Å². The van der Waals surface area contributed by atoms with Gasteiger partial charge in [-0.3, -0.25) is 4.79 Å². The van der Waals surface area contributed by atoms with Gasteiger partial charge in [-0.05, 0) is 42.6 Å². The Balaban J connectivity index is 1.93. The van der Waals surface area contributed by atoms with E-state index in [1.165, 1.54) is 11.3 Å². The molecule has 4 nitrogen and oxygen atoms in total. The van der Waals surface area contributed by atoms with Crippen LogP contribution >= 0.6 is 11.3 Å². The molecular weight excluding hydrogens is 298 g/mol. The Bertz CT molecular complexity index is 654. The quantitative estimate of drug-likeness (QED) is 0.805. The van der Waals surface area contributed by atoms with Crippen LogP contribution in [0.3, 0.4) is 0 Å². The van der Waals surface area contributed by atoms with E-state index >= 15 is 0 Å². The fourth-order valence-corrected chi connectivity index (χ4v) is 2.64. The van der Waals surface area contributed by atoms with Gasteiger partial charge in [-0.1, -0.05) is 12.0 Å². The number of terminal acetylenes is 1. The number of thiophene rings is 1. The van der Waals surface area contributed by atoms with Crippen LogP contribution in [0.15, 0.2) is 41.8 Å². The summed E-state index contributed by atoms with van der Waals surface area (Å²) in [6, 6.07) is 10.4. The Morgan fingerprint density at radius 3 is 2.73 bits per heavy atom. The average molecular weight is 315 g/mol. The summed E-state index contributed by atoms with van der Waals surface area (Å²) in [4.78, 5) is 12.9. The van der Waals surface area contributed by atoms with Crippen molar-refractivity contribution in [2.45, 2.75) is 12.5 Å². The topological polar surface area (TPSA) is 58.6 Å². The number of carbonyl (C=O) groups excluding carboxylic acids is 1. The molecule has 0 saturated carbocycles. The Kier molecular flexibility index (Phi) is 5.21. The van der Waals surface area contributed by atoms with E-state index in [0.29, 0.717) is 11.3 Å². The van der Waals surface area contributed by atoms with Crippen molar-refractivity contribution >= 4 is 17.2 Å². The summed E-state index contributed by atoms with van der Waals surface area (Å²) in [6.45, 7) is 2.01. The van der Waals surface area contributed by atoms with Crippen molar-refractivity contribution < 1.29 is 14.6 Å². The molecule has 22 heavy (non-hydrogen) atoms. The lowest BCUT2D eigenvalue weighted by atomic mass is 10.1. The molecule has 1 aromatic heterocycles. The van der Waals surface area contributed by atoms with E-state index in [9.17, 15) is 9.90 Å². The highest BCUT2D eigenvalue weighted by Crippen LogP contribution is 2.24. The van der Waals surface area contributed by atoms with Crippen molar-refractivity contribution in [3.05, 3.63) is 52.2 Å². The van der Waals surface area contributed by atoms with Gasteiger partial charge in [0.2, 0.25) is 0 Å². The summed E-state index contributed by atoms with van der Waals surface area (Å²) >= 11 is 1.45. The van der Waals surface area contributed by atoms with Crippen LogP contribution in [-0.2, 0) is 5.60 Å². The summed E-state index contributed by atoms with van der Waals surface area (Å²) in [7, 11) is 0. The van der Waals surface area contributed by atoms with Crippen molar-refractivity contribution in [2.75, 3.05) is 13.2 Å². The Labute approximate surface area is 133 Å². The number of rotatable bonds is 6. The van der Waals surface area contributed by atoms with Crippen molar-refractivity contribution in [3.8, 4) is 18.1 Å². The number of ether oxygens (including phenoxy) is 1. The zero-order valence-corrected chi connectivity index (χ0v) is 13.0. The third-order valence-electron chi connectivity index (χ3n) is 3.08. The second-order valence-corrected chi connectivity index (χ2v) is 5.90. The van der Waals surface area contributed by atoms with Gasteiger partial charge >= 0.3 is 0 Å². The molecular formula is C17H17NO3S. The van der Waals surface area contributed by atoms with Gasteiger partial charge in [0.05, 0.1) is 6.54 Å². The highest BCUT2D eigenvalue weighted by molar-refractivity contribution is 7.10. The van der Waals surface area contributed by atoms with Crippen molar-refractivity contribution in [1.29, 1.82) is 0 Å². The second kappa shape index (κ2) is 7.12. The van der Waals surface area contributed by atoms with Crippen LogP contribution in [0.4, 0.5) is 0 Å². The van der Waals surface area contributed by atoms with Gasteiger partial charge in [0, 0.05) is 10.4 Å². The SMILES string of the molecule is C#CCOc1ccc(C(=O)NC[C@@](C)(O)c2cccs2)cc1. The van der Waals surface area contributed by atoms with Crippen LogP contribution < -0.4 is 10.1 Å². The van der Waals surface area contributed by atoms with Crippen LogP contribution in [0, 0.1) is 12.3 Å². The van der Waals surface area contributed by atoms with E-state index in [-0.39, 0.29) is 19.1 Å². The minimum Gasteiger partial charge on any atom is -0.481 e. The lowest BCUT2D eigenvalue weighted by Crippen LogP contribution is -2.38. The van der Waals surface area contributed by atoms with Crippen molar-refractivity contribution in [1.82, 2.24) is 5.32 Å². The minimum absolute atomic E-state index is 0.141. The molecule has 2 rings (SSSR count). The average Bonchev–Trinajstić information content (AvgIpc) is 3.06. The van der Waals surface area contributed by atoms with Crippen molar-refractivity contribution in [2.24, 2.45) is 0 Å². The van der Waals surface area contributed by atoms with Crippen LogP contribution in [0.5, 0.6) is 5.75 Å². The zero-order valence-electron chi connectivity index (χ0n) is 12.2. The summed E-state index contributed by atoms with van der Waals surface area (Å²) < 4.78 is 5.25. The molecule has 0 aliphatic heterocycles. The standard InChI is InChI=1S/C17H17NO3S/c1-3-10-21-14-8-6-13(7-9-14)16(19)18-12-17(2,20)15-5-4-11-22-15/h1,4-9,11,20H,10,12H2,2H3,(H,18,19)/t17-/m1/s1. The third-order valence-corrected chi connectivity index (χ3v) is 4.21. The Hall–Kier alpha value is -2.29. The van der Waals surface area contributed by atoms with Crippen molar-refractivity contribution in [3.63, 3.8) is 0 Å². The highest BCUT2D eigenvalue weighted by atomic mass is 32.1. The number of amides is 1. The van der Waals surface area contributed by atoms with E-state index < -0.39 is 5.60 Å². The molecule has 0 radical (unpaired) electrons.